The van der Waals surface area contributed by atoms with Crippen LogP contribution in [0.3, 0.4) is 0 Å². The Morgan fingerprint density at radius 2 is 1.91 bits per heavy atom. The summed E-state index contributed by atoms with van der Waals surface area (Å²) in [6.07, 6.45) is 2.75. The minimum Gasteiger partial charge on any atom is -0.441 e. The molecule has 1 saturated heterocycles. The molecule has 0 spiro atoms. The van der Waals surface area contributed by atoms with E-state index in [4.69, 9.17) is 14.9 Å². The molecular formula is C16H20ClN3O3. The molecule has 23 heavy (non-hydrogen) atoms. The van der Waals surface area contributed by atoms with Gasteiger partial charge in [-0.2, -0.15) is 0 Å². The van der Waals surface area contributed by atoms with Crippen LogP contribution in [0.1, 0.15) is 18.7 Å². The van der Waals surface area contributed by atoms with Crippen molar-refractivity contribution in [1.29, 1.82) is 0 Å². The van der Waals surface area contributed by atoms with Crippen LogP contribution in [0, 0.1) is 6.92 Å². The fraction of sp³-hybridized carbons (Fsp3) is 0.375. The smallest absolute Gasteiger partial charge is 0.244 e. The second kappa shape index (κ2) is 7.12. The number of carbonyl (C=O) groups excluding carboxylic acids is 1. The highest BCUT2D eigenvalue weighted by Crippen LogP contribution is 2.24. The summed E-state index contributed by atoms with van der Waals surface area (Å²) in [7, 11) is 0. The molecule has 124 valence electrons. The van der Waals surface area contributed by atoms with Crippen molar-refractivity contribution in [3.63, 3.8) is 0 Å². The molecule has 7 heteroatoms. The molecule has 0 aliphatic carbocycles. The zero-order chi connectivity index (χ0) is 15.6. The fourth-order valence-electron chi connectivity index (χ4n) is 2.43. The number of aryl methyl sites for hydroxylation is 1. The molecule has 1 aliphatic rings. The van der Waals surface area contributed by atoms with E-state index in [0.29, 0.717) is 43.4 Å². The van der Waals surface area contributed by atoms with Crippen LogP contribution >= 0.6 is 12.4 Å². The number of benzene rings is 1. The quantitative estimate of drug-likeness (QED) is 0.898. The molecule has 3 rings (SSSR count). The number of hydrogen-bond acceptors (Lipinski definition) is 5. The van der Waals surface area contributed by atoms with E-state index >= 15 is 0 Å². The Labute approximate surface area is 140 Å². The Hall–Kier alpha value is -1.89. The van der Waals surface area contributed by atoms with E-state index in [-0.39, 0.29) is 18.3 Å². The van der Waals surface area contributed by atoms with Gasteiger partial charge in [0.05, 0.1) is 6.20 Å². The van der Waals surface area contributed by atoms with Crippen molar-refractivity contribution in [3.8, 4) is 11.3 Å². The number of ether oxygens (including phenoxy) is 1. The van der Waals surface area contributed by atoms with Crippen LogP contribution in [0.2, 0.25) is 0 Å². The normalized spacial score (nSPS) is 16.4. The van der Waals surface area contributed by atoms with Crippen molar-refractivity contribution < 1.29 is 13.9 Å². The number of oxazole rings is 1. The van der Waals surface area contributed by atoms with E-state index < -0.39 is 5.54 Å². The second-order valence-corrected chi connectivity index (χ2v) is 5.54. The number of hydrogen-bond donors (Lipinski definition) is 2. The minimum absolute atomic E-state index is 0. The summed E-state index contributed by atoms with van der Waals surface area (Å²) in [5.74, 6) is 1.16. The van der Waals surface area contributed by atoms with Crippen molar-refractivity contribution in [1.82, 2.24) is 4.98 Å². The Kier molecular flexibility index (Phi) is 5.41. The number of rotatable bonds is 3. The van der Waals surface area contributed by atoms with Crippen LogP contribution in [0.25, 0.3) is 11.3 Å². The first kappa shape index (κ1) is 17.5. The lowest BCUT2D eigenvalue weighted by Gasteiger charge is -2.31. The van der Waals surface area contributed by atoms with Crippen molar-refractivity contribution in [3.05, 3.63) is 36.4 Å². The molecule has 3 N–H and O–H groups in total. The standard InChI is InChI=1S/C16H19N3O3.ClH/c1-11-18-10-14(22-11)12-2-4-13(5-3-12)19-15(20)16(17)6-8-21-9-7-16;/h2-5,10H,6-9,17H2,1H3,(H,19,20);1H. The molecule has 2 heterocycles. The molecule has 1 aliphatic heterocycles. The third-order valence-corrected chi connectivity index (χ3v) is 3.89. The van der Waals surface area contributed by atoms with Crippen LogP contribution in [0.15, 0.2) is 34.9 Å². The Balaban J connectivity index is 0.00000192. The predicted octanol–water partition coefficient (Wildman–Crippen LogP) is 2.52. The molecule has 1 amide bonds. The summed E-state index contributed by atoms with van der Waals surface area (Å²) in [6.45, 7) is 2.84. The summed E-state index contributed by atoms with van der Waals surface area (Å²) < 4.78 is 10.7. The van der Waals surface area contributed by atoms with Crippen LogP contribution < -0.4 is 11.1 Å². The van der Waals surface area contributed by atoms with Gasteiger partial charge < -0.3 is 20.2 Å². The van der Waals surface area contributed by atoms with Crippen LogP contribution in [-0.2, 0) is 9.53 Å². The maximum absolute atomic E-state index is 12.3. The summed E-state index contributed by atoms with van der Waals surface area (Å²) in [6, 6.07) is 7.41. The number of nitrogens with zero attached hydrogens (tertiary/aromatic N) is 1. The van der Waals surface area contributed by atoms with Crippen molar-refractivity contribution in [2.45, 2.75) is 25.3 Å². The third kappa shape index (κ3) is 3.90. The molecule has 0 unspecified atom stereocenters. The second-order valence-electron chi connectivity index (χ2n) is 5.54. The molecule has 1 fully saturated rings. The summed E-state index contributed by atoms with van der Waals surface area (Å²) >= 11 is 0. The maximum atomic E-state index is 12.3. The van der Waals surface area contributed by atoms with Gasteiger partial charge in [0.15, 0.2) is 11.7 Å². The number of amides is 1. The lowest BCUT2D eigenvalue weighted by molar-refractivity contribution is -0.124. The zero-order valence-corrected chi connectivity index (χ0v) is 13.7. The number of aromatic nitrogens is 1. The average Bonchev–Trinajstić information content (AvgIpc) is 2.95. The van der Waals surface area contributed by atoms with Gasteiger partial charge in [-0.3, -0.25) is 4.79 Å². The molecule has 1 aromatic heterocycles. The highest BCUT2D eigenvalue weighted by Gasteiger charge is 2.35. The average molecular weight is 338 g/mol. The van der Waals surface area contributed by atoms with E-state index in [0.717, 1.165) is 5.56 Å². The first-order chi connectivity index (χ1) is 10.6. The number of nitrogens with two attached hydrogens (primary N) is 1. The molecule has 2 aromatic rings. The first-order valence-corrected chi connectivity index (χ1v) is 7.28. The molecule has 0 saturated carbocycles. The lowest BCUT2D eigenvalue weighted by atomic mass is 9.90. The van der Waals surface area contributed by atoms with Gasteiger partial charge in [0.2, 0.25) is 5.91 Å². The Bertz CT molecular complexity index is 663. The van der Waals surface area contributed by atoms with Gasteiger partial charge in [0, 0.05) is 31.4 Å². The van der Waals surface area contributed by atoms with Crippen molar-refractivity contribution >= 4 is 24.0 Å². The number of halogens is 1. The minimum atomic E-state index is -0.848. The monoisotopic (exact) mass is 337 g/mol. The van der Waals surface area contributed by atoms with Gasteiger partial charge in [-0.05, 0) is 37.1 Å². The third-order valence-electron chi connectivity index (χ3n) is 3.89. The highest BCUT2D eigenvalue weighted by molar-refractivity contribution is 5.98. The summed E-state index contributed by atoms with van der Waals surface area (Å²) in [5.41, 5.74) is 6.93. The number of carbonyl (C=O) groups is 1. The van der Waals surface area contributed by atoms with Crippen LogP contribution in [0.5, 0.6) is 0 Å². The van der Waals surface area contributed by atoms with Crippen LogP contribution in [0.4, 0.5) is 5.69 Å². The summed E-state index contributed by atoms with van der Waals surface area (Å²) in [4.78, 5) is 16.4. The SMILES string of the molecule is Cc1ncc(-c2ccc(NC(=O)C3(N)CCOCC3)cc2)o1.Cl. The van der Waals surface area contributed by atoms with Gasteiger partial charge in [-0.1, -0.05) is 0 Å². The fourth-order valence-corrected chi connectivity index (χ4v) is 2.43. The summed E-state index contributed by atoms with van der Waals surface area (Å²) in [5, 5.41) is 2.87. The van der Waals surface area contributed by atoms with Gasteiger partial charge in [0.25, 0.3) is 0 Å². The van der Waals surface area contributed by atoms with Gasteiger partial charge in [0.1, 0.15) is 5.54 Å². The molecule has 0 atom stereocenters. The maximum Gasteiger partial charge on any atom is 0.244 e. The molecule has 0 bridgehead atoms. The van der Waals surface area contributed by atoms with Gasteiger partial charge in [-0.15, -0.1) is 12.4 Å². The lowest BCUT2D eigenvalue weighted by Crippen LogP contribution is -2.54. The van der Waals surface area contributed by atoms with Gasteiger partial charge >= 0.3 is 0 Å². The van der Waals surface area contributed by atoms with E-state index in [1.165, 1.54) is 0 Å². The number of nitrogens with one attached hydrogen (secondary N) is 1. The molecule has 0 radical (unpaired) electrons. The Morgan fingerprint density at radius 1 is 1.26 bits per heavy atom. The molecule has 6 nitrogen and oxygen atoms in total. The predicted molar refractivity (Wildman–Crippen MR) is 89.5 cm³/mol. The largest absolute Gasteiger partial charge is 0.441 e. The van der Waals surface area contributed by atoms with E-state index in [1.54, 1.807) is 13.1 Å². The topological polar surface area (TPSA) is 90.4 Å². The molecule has 1 aromatic carbocycles. The van der Waals surface area contributed by atoms with Crippen LogP contribution in [-0.4, -0.2) is 29.6 Å². The van der Waals surface area contributed by atoms with Crippen molar-refractivity contribution in [2.75, 3.05) is 18.5 Å². The van der Waals surface area contributed by atoms with E-state index in [1.807, 2.05) is 24.3 Å². The van der Waals surface area contributed by atoms with Crippen molar-refractivity contribution in [2.24, 2.45) is 5.73 Å². The Morgan fingerprint density at radius 3 is 2.48 bits per heavy atom. The van der Waals surface area contributed by atoms with Gasteiger partial charge in [-0.25, -0.2) is 4.98 Å². The van der Waals surface area contributed by atoms with E-state index in [2.05, 4.69) is 10.3 Å². The first-order valence-electron chi connectivity index (χ1n) is 7.28. The zero-order valence-electron chi connectivity index (χ0n) is 12.9. The molecular weight excluding hydrogens is 318 g/mol. The van der Waals surface area contributed by atoms with E-state index in [9.17, 15) is 4.79 Å². The number of anilines is 1. The highest BCUT2D eigenvalue weighted by atomic mass is 35.5.